The Balaban J connectivity index is 2.64. The minimum Gasteiger partial charge on any atom is -0.395 e. The molecule has 1 rings (SSSR count). The number of nitrogens with zero attached hydrogens (tertiary/aromatic N) is 2. The lowest BCUT2D eigenvalue weighted by Gasteiger charge is -2.21. The molecule has 1 aromatic heterocycles. The molecule has 0 radical (unpaired) electrons. The Labute approximate surface area is 99.0 Å². The van der Waals surface area contributed by atoms with Crippen molar-refractivity contribution in [2.45, 2.75) is 18.2 Å². The lowest BCUT2D eigenvalue weighted by atomic mass is 10.2. The first-order chi connectivity index (χ1) is 7.71. The van der Waals surface area contributed by atoms with Crippen LogP contribution >= 0.6 is 11.8 Å². The van der Waals surface area contributed by atoms with Crippen LogP contribution in [0.2, 0.25) is 0 Å². The van der Waals surface area contributed by atoms with E-state index < -0.39 is 0 Å². The Morgan fingerprint density at radius 1 is 1.50 bits per heavy atom. The lowest BCUT2D eigenvalue weighted by Crippen LogP contribution is -2.31. The summed E-state index contributed by atoms with van der Waals surface area (Å²) in [6.45, 7) is 2.12. The SMILES string of the molecule is CSC(CO)C(C)Nc1cc(NN)ncn1. The summed E-state index contributed by atoms with van der Waals surface area (Å²) < 4.78 is 0. The van der Waals surface area contributed by atoms with Gasteiger partial charge in [-0.3, -0.25) is 0 Å². The number of aliphatic hydroxyl groups excluding tert-OH is 1. The minimum absolute atomic E-state index is 0.112. The first-order valence-electron chi connectivity index (χ1n) is 4.90. The second-order valence-corrected chi connectivity index (χ2v) is 4.40. The summed E-state index contributed by atoms with van der Waals surface area (Å²) in [6.07, 6.45) is 3.39. The number of hydrogen-bond acceptors (Lipinski definition) is 7. The van der Waals surface area contributed by atoms with Gasteiger partial charge in [-0.05, 0) is 13.2 Å². The third-order valence-electron chi connectivity index (χ3n) is 2.23. The van der Waals surface area contributed by atoms with Crippen molar-refractivity contribution in [3.63, 3.8) is 0 Å². The van der Waals surface area contributed by atoms with Crippen molar-refractivity contribution in [2.24, 2.45) is 5.84 Å². The zero-order valence-electron chi connectivity index (χ0n) is 9.34. The van der Waals surface area contributed by atoms with Gasteiger partial charge in [0, 0.05) is 17.4 Å². The smallest absolute Gasteiger partial charge is 0.145 e. The van der Waals surface area contributed by atoms with E-state index in [0.29, 0.717) is 11.6 Å². The Kier molecular flexibility index (Phi) is 5.30. The summed E-state index contributed by atoms with van der Waals surface area (Å²) in [7, 11) is 0. The van der Waals surface area contributed by atoms with E-state index in [2.05, 4.69) is 20.7 Å². The van der Waals surface area contributed by atoms with E-state index in [1.165, 1.54) is 6.33 Å². The molecule has 0 aliphatic heterocycles. The minimum atomic E-state index is 0.112. The first-order valence-corrected chi connectivity index (χ1v) is 6.19. The van der Waals surface area contributed by atoms with Crippen LogP contribution in [0.1, 0.15) is 6.92 Å². The number of hydrazine groups is 1. The van der Waals surface area contributed by atoms with E-state index in [1.807, 2.05) is 13.2 Å². The molecular weight excluding hydrogens is 226 g/mol. The zero-order chi connectivity index (χ0) is 12.0. The molecule has 2 unspecified atom stereocenters. The van der Waals surface area contributed by atoms with E-state index in [9.17, 15) is 0 Å². The van der Waals surface area contributed by atoms with Crippen molar-refractivity contribution in [3.05, 3.63) is 12.4 Å². The van der Waals surface area contributed by atoms with Gasteiger partial charge in [0.15, 0.2) is 0 Å². The predicted octanol–water partition coefficient (Wildman–Crippen LogP) is 0.286. The van der Waals surface area contributed by atoms with E-state index in [1.54, 1.807) is 17.8 Å². The molecular formula is C9H17N5OS. The molecule has 0 aliphatic rings. The van der Waals surface area contributed by atoms with Gasteiger partial charge < -0.3 is 15.8 Å². The maximum absolute atomic E-state index is 9.15. The topological polar surface area (TPSA) is 96.1 Å². The standard InChI is InChI=1S/C9H17N5OS/c1-6(7(4-15)16-2)13-8-3-9(14-10)12-5-11-8/h3,5-7,15H,4,10H2,1-2H3,(H2,11,12,13,14). The van der Waals surface area contributed by atoms with E-state index in [-0.39, 0.29) is 17.9 Å². The highest BCUT2D eigenvalue weighted by atomic mass is 32.2. The van der Waals surface area contributed by atoms with Crippen molar-refractivity contribution in [3.8, 4) is 0 Å². The summed E-state index contributed by atoms with van der Waals surface area (Å²) in [5.41, 5.74) is 2.45. The molecule has 1 heterocycles. The molecule has 1 aromatic rings. The molecule has 0 amide bonds. The second-order valence-electron chi connectivity index (χ2n) is 3.32. The Bertz CT molecular complexity index is 321. The molecule has 0 aliphatic carbocycles. The van der Waals surface area contributed by atoms with E-state index >= 15 is 0 Å². The van der Waals surface area contributed by atoms with Gasteiger partial charge in [-0.2, -0.15) is 11.8 Å². The fourth-order valence-corrected chi connectivity index (χ4v) is 1.90. The molecule has 0 saturated carbocycles. The first kappa shape index (κ1) is 13.0. The Morgan fingerprint density at radius 2 is 2.19 bits per heavy atom. The number of hydrogen-bond donors (Lipinski definition) is 4. The second kappa shape index (κ2) is 6.51. The van der Waals surface area contributed by atoms with Crippen LogP contribution in [-0.4, -0.2) is 39.2 Å². The number of thioether (sulfide) groups is 1. The molecule has 7 heteroatoms. The van der Waals surface area contributed by atoms with Crippen LogP contribution < -0.4 is 16.6 Å². The summed E-state index contributed by atoms with van der Waals surface area (Å²) >= 11 is 1.61. The van der Waals surface area contributed by atoms with E-state index in [0.717, 1.165) is 0 Å². The Hall–Kier alpha value is -1.05. The third-order valence-corrected chi connectivity index (χ3v) is 3.39. The quantitative estimate of drug-likeness (QED) is 0.421. The highest BCUT2D eigenvalue weighted by Gasteiger charge is 2.15. The van der Waals surface area contributed by atoms with Crippen LogP contribution in [0, 0.1) is 0 Å². The van der Waals surface area contributed by atoms with Crippen LogP contribution in [0.4, 0.5) is 11.6 Å². The van der Waals surface area contributed by atoms with Crippen molar-refractivity contribution >= 4 is 23.4 Å². The van der Waals surface area contributed by atoms with Gasteiger partial charge in [0.1, 0.15) is 18.0 Å². The van der Waals surface area contributed by atoms with Gasteiger partial charge in [-0.25, -0.2) is 15.8 Å². The predicted molar refractivity (Wildman–Crippen MR) is 67.3 cm³/mol. The van der Waals surface area contributed by atoms with Gasteiger partial charge >= 0.3 is 0 Å². The fraction of sp³-hybridized carbons (Fsp3) is 0.556. The average molecular weight is 243 g/mol. The molecule has 0 bridgehead atoms. The number of aromatic nitrogens is 2. The highest BCUT2D eigenvalue weighted by Crippen LogP contribution is 2.15. The van der Waals surface area contributed by atoms with Gasteiger partial charge in [0.2, 0.25) is 0 Å². The van der Waals surface area contributed by atoms with Gasteiger partial charge in [-0.15, -0.1) is 0 Å². The van der Waals surface area contributed by atoms with Gasteiger partial charge in [0.05, 0.1) is 6.61 Å². The van der Waals surface area contributed by atoms with Gasteiger partial charge in [-0.1, -0.05) is 0 Å². The van der Waals surface area contributed by atoms with Crippen molar-refractivity contribution in [1.82, 2.24) is 9.97 Å². The number of anilines is 2. The number of aliphatic hydroxyl groups is 1. The van der Waals surface area contributed by atoms with Crippen LogP contribution in [0.5, 0.6) is 0 Å². The van der Waals surface area contributed by atoms with Gasteiger partial charge in [0.25, 0.3) is 0 Å². The Morgan fingerprint density at radius 3 is 2.75 bits per heavy atom. The van der Waals surface area contributed by atoms with E-state index in [4.69, 9.17) is 10.9 Å². The lowest BCUT2D eigenvalue weighted by molar-refractivity contribution is 0.288. The van der Waals surface area contributed by atoms with Crippen molar-refractivity contribution < 1.29 is 5.11 Å². The number of nitrogen functional groups attached to an aromatic ring is 1. The number of rotatable bonds is 6. The largest absolute Gasteiger partial charge is 0.395 e. The van der Waals surface area contributed by atoms with Crippen LogP contribution in [0.25, 0.3) is 0 Å². The molecule has 90 valence electrons. The monoisotopic (exact) mass is 243 g/mol. The molecule has 5 N–H and O–H groups in total. The molecule has 0 saturated heterocycles. The fourth-order valence-electron chi connectivity index (χ4n) is 1.28. The number of nitrogens with two attached hydrogens (primary N) is 1. The van der Waals surface area contributed by atoms with Crippen LogP contribution in [-0.2, 0) is 0 Å². The highest BCUT2D eigenvalue weighted by molar-refractivity contribution is 7.99. The summed E-state index contributed by atoms with van der Waals surface area (Å²) in [5.74, 6) is 6.48. The maximum atomic E-state index is 9.15. The summed E-state index contributed by atoms with van der Waals surface area (Å²) in [6, 6.07) is 1.83. The maximum Gasteiger partial charge on any atom is 0.145 e. The molecule has 0 aromatic carbocycles. The van der Waals surface area contributed by atoms with Crippen molar-refractivity contribution in [1.29, 1.82) is 0 Å². The van der Waals surface area contributed by atoms with Crippen LogP contribution in [0.3, 0.4) is 0 Å². The molecule has 2 atom stereocenters. The number of nitrogens with one attached hydrogen (secondary N) is 2. The summed E-state index contributed by atoms with van der Waals surface area (Å²) in [5, 5.41) is 12.5. The molecule has 16 heavy (non-hydrogen) atoms. The molecule has 6 nitrogen and oxygen atoms in total. The molecule has 0 spiro atoms. The summed E-state index contributed by atoms with van der Waals surface area (Å²) in [4.78, 5) is 7.98. The van der Waals surface area contributed by atoms with Crippen molar-refractivity contribution in [2.75, 3.05) is 23.6 Å². The van der Waals surface area contributed by atoms with Crippen LogP contribution in [0.15, 0.2) is 12.4 Å². The molecule has 0 fully saturated rings. The normalized spacial score (nSPS) is 14.2. The average Bonchev–Trinajstić information content (AvgIpc) is 2.31. The zero-order valence-corrected chi connectivity index (χ0v) is 10.2. The third kappa shape index (κ3) is 3.51.